The van der Waals surface area contributed by atoms with Crippen molar-refractivity contribution in [1.29, 1.82) is 0 Å². The minimum Gasteiger partial charge on any atom is -0.295 e. The van der Waals surface area contributed by atoms with Crippen LogP contribution in [0.3, 0.4) is 0 Å². The highest BCUT2D eigenvalue weighted by atomic mass is 32.2. The van der Waals surface area contributed by atoms with E-state index in [0.717, 1.165) is 0 Å². The molecule has 0 amide bonds. The molecule has 0 saturated carbocycles. The number of nitrogens with two attached hydrogens (primary N) is 1. The molecule has 1 rings (SSSR count). The van der Waals surface area contributed by atoms with Gasteiger partial charge in [-0.1, -0.05) is 0 Å². The zero-order chi connectivity index (χ0) is 2.99. The average Bonchev–Trinajstić information content (AvgIpc) is 1.75. The van der Waals surface area contributed by atoms with Crippen LogP contribution in [0.2, 0.25) is 0 Å². The molecular weight excluding hydrogens is 74.1 g/mol. The quantitative estimate of drug-likeness (QED) is 0.324. The van der Waals surface area contributed by atoms with E-state index in [4.69, 9.17) is 5.73 Å². The number of hydrogen-bond acceptors (Lipinski definition) is 3. The van der Waals surface area contributed by atoms with Crippen molar-refractivity contribution in [2.45, 2.75) is 5.56 Å². The Morgan fingerprint density at radius 3 is 2.25 bits per heavy atom. The first-order valence-electron chi connectivity index (χ1n) is 0.971. The Morgan fingerprint density at radius 1 is 2.00 bits per heavy atom. The molecule has 1 heterocycles. The van der Waals surface area contributed by atoms with Crippen molar-refractivity contribution >= 4 is 12.0 Å². The summed E-state index contributed by atoms with van der Waals surface area (Å²) in [7, 11) is 0. The van der Waals surface area contributed by atoms with Gasteiger partial charge in [0.2, 0.25) is 0 Å². The zero-order valence-electron chi connectivity index (χ0n) is 1.97. The molecule has 0 bridgehead atoms. The Kier molecular flexibility index (Phi) is 0.380. The highest BCUT2D eigenvalue weighted by Gasteiger charge is 2.17. The van der Waals surface area contributed by atoms with E-state index < -0.39 is 0 Å². The lowest BCUT2D eigenvalue weighted by Crippen LogP contribution is -1.94. The van der Waals surface area contributed by atoms with Gasteiger partial charge in [0.1, 0.15) is 0 Å². The van der Waals surface area contributed by atoms with Crippen LogP contribution in [0.15, 0.2) is 0 Å². The number of rotatable bonds is 0. The summed E-state index contributed by atoms with van der Waals surface area (Å²) in [5.74, 6) is 0. The lowest BCUT2D eigenvalue weighted by Gasteiger charge is -1.50. The molecule has 3 heteroatoms. The zero-order valence-corrected chi connectivity index (χ0v) is 2.79. The largest absolute Gasteiger partial charge is 0.295 e. The first-order valence-corrected chi connectivity index (χ1v) is 1.78. The molecule has 1 aliphatic heterocycles. The van der Waals surface area contributed by atoms with E-state index in [1.807, 2.05) is 0 Å². The summed E-state index contributed by atoms with van der Waals surface area (Å²) in [6.07, 6.45) is 0. The van der Waals surface area contributed by atoms with E-state index in [1.54, 1.807) is 0 Å². The van der Waals surface area contributed by atoms with Gasteiger partial charge in [-0.2, -0.15) is 0 Å². The van der Waals surface area contributed by atoms with Crippen molar-refractivity contribution in [2.75, 3.05) is 0 Å². The monoisotopic (exact) mass is 77.0 g/mol. The second kappa shape index (κ2) is 0.607. The highest BCUT2D eigenvalue weighted by Crippen LogP contribution is 2.26. The molecule has 0 spiro atoms. The Labute approximate surface area is 28.5 Å². The van der Waals surface area contributed by atoms with Gasteiger partial charge in [-0.15, -0.1) is 0 Å². The molecule has 1 atom stereocenters. The second-order valence-electron chi connectivity index (χ2n) is 0.561. The van der Waals surface area contributed by atoms with Crippen LogP contribution >= 0.6 is 12.0 Å². The first-order chi connectivity index (χ1) is 1.89. The predicted molar refractivity (Wildman–Crippen MR) is 16.7 cm³/mol. The third kappa shape index (κ3) is 0.342. The molecule has 0 radical (unpaired) electrons. The fourth-order valence-corrected chi connectivity index (χ4v) is 0.0962. The fourth-order valence-electron chi connectivity index (χ4n) is 0.0321. The van der Waals surface area contributed by atoms with Gasteiger partial charge in [0.05, 0.1) is 0 Å². The third-order valence-corrected chi connectivity index (χ3v) is 0.622. The molecule has 2 N–H and O–H groups in total. The van der Waals surface area contributed by atoms with Crippen LogP contribution in [0.5, 0.6) is 0 Å². The van der Waals surface area contributed by atoms with Crippen LogP contribution in [-0.4, -0.2) is 5.56 Å². The summed E-state index contributed by atoms with van der Waals surface area (Å²) in [6.45, 7) is 0. The summed E-state index contributed by atoms with van der Waals surface area (Å²) in [5.41, 5.74) is 4.96. The smallest absolute Gasteiger partial charge is 0.192 e. The van der Waals surface area contributed by atoms with E-state index in [0.29, 0.717) is 0 Å². The van der Waals surface area contributed by atoms with Gasteiger partial charge in [0.25, 0.3) is 0 Å². The summed E-state index contributed by atoms with van der Waals surface area (Å²) in [5, 5.41) is 0. The summed E-state index contributed by atoms with van der Waals surface area (Å²) < 4.78 is 4.40. The Balaban J connectivity index is 2.17. The molecule has 0 aromatic heterocycles. The molecular formula is CH3NOS. The maximum Gasteiger partial charge on any atom is 0.192 e. The van der Waals surface area contributed by atoms with Crippen molar-refractivity contribution in [3.05, 3.63) is 0 Å². The average molecular weight is 77.1 g/mol. The van der Waals surface area contributed by atoms with Crippen molar-refractivity contribution in [3.63, 3.8) is 0 Å². The van der Waals surface area contributed by atoms with Crippen molar-refractivity contribution in [3.8, 4) is 0 Å². The molecule has 1 saturated heterocycles. The molecule has 4 heavy (non-hydrogen) atoms. The van der Waals surface area contributed by atoms with E-state index in [-0.39, 0.29) is 5.56 Å². The minimum absolute atomic E-state index is 0.000000000000000222. The predicted octanol–water partition coefficient (Wildman–Crippen LogP) is -0.0929. The van der Waals surface area contributed by atoms with Gasteiger partial charge < -0.3 is 0 Å². The minimum atomic E-state index is -0.000000000000000222. The fraction of sp³-hybridized carbons (Fsp3) is 1.00. The van der Waals surface area contributed by atoms with Gasteiger partial charge in [-0.3, -0.25) is 9.92 Å². The molecule has 24 valence electrons. The van der Waals surface area contributed by atoms with Gasteiger partial charge >= 0.3 is 0 Å². The van der Waals surface area contributed by atoms with Crippen molar-refractivity contribution < 1.29 is 4.18 Å². The van der Waals surface area contributed by atoms with Crippen molar-refractivity contribution in [2.24, 2.45) is 5.73 Å². The van der Waals surface area contributed by atoms with Gasteiger partial charge in [-0.05, 0) is 0 Å². The normalized spacial score (nSPS) is 39.8. The van der Waals surface area contributed by atoms with Crippen molar-refractivity contribution in [1.82, 2.24) is 0 Å². The molecule has 1 unspecified atom stereocenters. The van der Waals surface area contributed by atoms with E-state index in [1.165, 1.54) is 12.0 Å². The maximum absolute atomic E-state index is 4.96. The molecule has 0 aliphatic carbocycles. The Morgan fingerprint density at radius 2 is 2.25 bits per heavy atom. The maximum atomic E-state index is 4.96. The number of hydrogen-bond donors (Lipinski definition) is 1. The standard InChI is InChI=1S/CH3NOS/c2-1-3-4-1/h1H,2H2. The van der Waals surface area contributed by atoms with Gasteiger partial charge in [0, 0.05) is 12.0 Å². The lowest BCUT2D eigenvalue weighted by atomic mass is 11.4. The first kappa shape index (κ1) is 2.50. The molecule has 0 aromatic carbocycles. The molecule has 2 nitrogen and oxygen atoms in total. The molecule has 0 aromatic rings. The summed E-state index contributed by atoms with van der Waals surface area (Å²) in [4.78, 5) is 0. The van der Waals surface area contributed by atoms with Crippen LogP contribution in [0.1, 0.15) is 0 Å². The van der Waals surface area contributed by atoms with Crippen LogP contribution in [0.25, 0.3) is 0 Å². The summed E-state index contributed by atoms with van der Waals surface area (Å²) >= 11 is 1.30. The van der Waals surface area contributed by atoms with Crippen LogP contribution in [-0.2, 0) is 4.18 Å². The van der Waals surface area contributed by atoms with Gasteiger partial charge in [-0.25, -0.2) is 0 Å². The van der Waals surface area contributed by atoms with Crippen LogP contribution in [0.4, 0.5) is 0 Å². The Bertz CT molecular complexity index is 27.2. The second-order valence-corrected chi connectivity index (χ2v) is 1.41. The summed E-state index contributed by atoms with van der Waals surface area (Å²) in [6, 6.07) is 0. The topological polar surface area (TPSA) is 38.5 Å². The van der Waals surface area contributed by atoms with Crippen LogP contribution in [0, 0.1) is 0 Å². The SMILES string of the molecule is NC1OS1. The van der Waals surface area contributed by atoms with E-state index >= 15 is 0 Å². The highest BCUT2D eigenvalue weighted by molar-refractivity contribution is 8.00. The molecule has 1 aliphatic rings. The van der Waals surface area contributed by atoms with E-state index in [2.05, 4.69) is 4.18 Å². The third-order valence-electron chi connectivity index (χ3n) is 0.207. The van der Waals surface area contributed by atoms with E-state index in [9.17, 15) is 0 Å². The van der Waals surface area contributed by atoms with Crippen LogP contribution < -0.4 is 5.73 Å². The lowest BCUT2D eigenvalue weighted by molar-refractivity contribution is 0.472. The Hall–Kier alpha value is 0.270. The van der Waals surface area contributed by atoms with Gasteiger partial charge in [0.15, 0.2) is 5.56 Å². The molecule has 1 fully saturated rings.